The third-order valence-electron chi connectivity index (χ3n) is 2.45. The summed E-state index contributed by atoms with van der Waals surface area (Å²) in [6, 6.07) is 6.14. The van der Waals surface area contributed by atoms with E-state index in [2.05, 4.69) is 9.97 Å². The molecule has 5 heteroatoms. The Balaban J connectivity index is 2.30. The minimum Gasteiger partial charge on any atom is -0.238 e. The summed E-state index contributed by atoms with van der Waals surface area (Å²) in [5, 5.41) is 0.382. The first-order valence-corrected chi connectivity index (χ1v) is 6.33. The van der Waals surface area contributed by atoms with E-state index in [0.717, 1.165) is 17.0 Å². The Hall–Kier alpha value is -1.19. The summed E-state index contributed by atoms with van der Waals surface area (Å²) in [4.78, 5) is 8.63. The lowest BCUT2D eigenvalue weighted by Gasteiger charge is -2.06. The van der Waals surface area contributed by atoms with Gasteiger partial charge in [0.15, 0.2) is 0 Å². The molecule has 0 radical (unpaired) electrons. The maximum absolute atomic E-state index is 12.9. The number of rotatable bonds is 3. The van der Waals surface area contributed by atoms with E-state index in [-0.39, 0.29) is 5.82 Å². The molecule has 0 fully saturated rings. The van der Waals surface area contributed by atoms with Gasteiger partial charge in [0.2, 0.25) is 0 Å². The minimum absolute atomic E-state index is 0.341. The zero-order chi connectivity index (χ0) is 13.1. The molecule has 2 aromatic rings. The first-order chi connectivity index (χ1) is 8.58. The van der Waals surface area contributed by atoms with Gasteiger partial charge in [-0.25, -0.2) is 14.4 Å². The molecule has 1 aromatic heterocycles. The van der Waals surface area contributed by atoms with Crippen molar-refractivity contribution < 1.29 is 4.39 Å². The molecule has 0 bridgehead atoms. The number of aromatic nitrogens is 2. The van der Waals surface area contributed by atoms with Crippen molar-refractivity contribution in [3.05, 3.63) is 57.9 Å². The van der Waals surface area contributed by atoms with Crippen molar-refractivity contribution in [2.24, 2.45) is 0 Å². The lowest BCUT2D eigenvalue weighted by atomic mass is 10.1. The second-order valence-corrected chi connectivity index (χ2v) is 4.64. The van der Waals surface area contributed by atoms with Crippen LogP contribution >= 0.6 is 23.2 Å². The average molecular weight is 285 g/mol. The van der Waals surface area contributed by atoms with Gasteiger partial charge in [0.1, 0.15) is 11.6 Å². The fourth-order valence-corrected chi connectivity index (χ4v) is 2.05. The molecule has 0 aliphatic carbocycles. The van der Waals surface area contributed by atoms with E-state index in [4.69, 9.17) is 23.2 Å². The number of nitrogens with zero attached hydrogens (tertiary/aromatic N) is 2. The molecule has 0 spiro atoms. The van der Waals surface area contributed by atoms with Gasteiger partial charge in [-0.1, -0.05) is 17.7 Å². The van der Waals surface area contributed by atoms with Crippen LogP contribution in [0.4, 0.5) is 4.39 Å². The molecule has 0 amide bonds. The van der Waals surface area contributed by atoms with Crippen molar-refractivity contribution in [1.82, 2.24) is 9.97 Å². The summed E-state index contributed by atoms with van der Waals surface area (Å²) in [6.07, 6.45) is 0.463. The van der Waals surface area contributed by atoms with Crippen LogP contribution in [0.1, 0.15) is 22.8 Å². The Labute approximate surface area is 115 Å². The normalized spacial score (nSPS) is 10.7. The predicted molar refractivity (Wildman–Crippen MR) is 70.5 cm³/mol. The van der Waals surface area contributed by atoms with Crippen LogP contribution in [0, 0.1) is 12.7 Å². The zero-order valence-corrected chi connectivity index (χ0v) is 11.3. The van der Waals surface area contributed by atoms with E-state index >= 15 is 0 Å². The summed E-state index contributed by atoms with van der Waals surface area (Å²) in [7, 11) is 0. The maximum Gasteiger partial charge on any atom is 0.133 e. The fraction of sp³-hybridized carbons (Fsp3) is 0.231. The van der Waals surface area contributed by atoms with Crippen LogP contribution in [0.3, 0.4) is 0 Å². The number of benzene rings is 1. The summed E-state index contributed by atoms with van der Waals surface area (Å²) in [5.41, 5.74) is 2.43. The Morgan fingerprint density at radius 3 is 2.67 bits per heavy atom. The van der Waals surface area contributed by atoms with Crippen LogP contribution in [-0.2, 0) is 12.3 Å². The quantitative estimate of drug-likeness (QED) is 0.799. The summed E-state index contributed by atoms with van der Waals surface area (Å²) >= 11 is 11.7. The van der Waals surface area contributed by atoms with Crippen molar-refractivity contribution >= 4 is 23.2 Å². The molecule has 0 saturated heterocycles. The van der Waals surface area contributed by atoms with Crippen molar-refractivity contribution in [1.29, 1.82) is 0 Å². The number of hydrogen-bond donors (Lipinski definition) is 0. The van der Waals surface area contributed by atoms with Gasteiger partial charge in [-0.05, 0) is 30.7 Å². The number of halogens is 3. The average Bonchev–Trinajstić information content (AvgIpc) is 2.32. The van der Waals surface area contributed by atoms with E-state index in [1.165, 1.54) is 12.1 Å². The van der Waals surface area contributed by atoms with Crippen molar-refractivity contribution in [2.45, 2.75) is 19.2 Å². The lowest BCUT2D eigenvalue weighted by Crippen LogP contribution is -2.02. The van der Waals surface area contributed by atoms with Crippen molar-refractivity contribution in [3.63, 3.8) is 0 Å². The minimum atomic E-state index is -0.352. The van der Waals surface area contributed by atoms with Gasteiger partial charge in [0, 0.05) is 17.1 Å². The highest BCUT2D eigenvalue weighted by Gasteiger charge is 2.07. The SMILES string of the molecule is Cc1cc(CCl)nc(Cc2ccc(F)cc2Cl)n1. The van der Waals surface area contributed by atoms with Crippen LogP contribution in [0.5, 0.6) is 0 Å². The van der Waals surface area contributed by atoms with E-state index in [0.29, 0.717) is 23.1 Å². The summed E-state index contributed by atoms with van der Waals surface area (Å²) in [6.45, 7) is 1.88. The molecule has 0 atom stereocenters. The van der Waals surface area contributed by atoms with E-state index < -0.39 is 0 Å². The number of alkyl halides is 1. The van der Waals surface area contributed by atoms with Gasteiger partial charge in [0.05, 0.1) is 11.6 Å². The van der Waals surface area contributed by atoms with E-state index in [1.807, 2.05) is 13.0 Å². The highest BCUT2D eigenvalue weighted by atomic mass is 35.5. The van der Waals surface area contributed by atoms with Crippen LogP contribution in [0.25, 0.3) is 0 Å². The number of hydrogen-bond acceptors (Lipinski definition) is 2. The molecule has 0 unspecified atom stereocenters. The Bertz CT molecular complexity index is 573. The van der Waals surface area contributed by atoms with Gasteiger partial charge in [0.25, 0.3) is 0 Å². The fourth-order valence-electron chi connectivity index (χ4n) is 1.68. The van der Waals surface area contributed by atoms with Gasteiger partial charge in [-0.2, -0.15) is 0 Å². The van der Waals surface area contributed by atoms with Crippen LogP contribution in [0.2, 0.25) is 5.02 Å². The first kappa shape index (κ1) is 13.2. The lowest BCUT2D eigenvalue weighted by molar-refractivity contribution is 0.627. The monoisotopic (exact) mass is 284 g/mol. The molecule has 0 aliphatic rings. The summed E-state index contributed by atoms with van der Waals surface area (Å²) < 4.78 is 12.9. The van der Waals surface area contributed by atoms with Crippen molar-refractivity contribution in [3.8, 4) is 0 Å². The second kappa shape index (κ2) is 5.63. The Kier molecular flexibility index (Phi) is 4.15. The smallest absolute Gasteiger partial charge is 0.133 e. The highest BCUT2D eigenvalue weighted by Crippen LogP contribution is 2.19. The van der Waals surface area contributed by atoms with Gasteiger partial charge < -0.3 is 0 Å². The topological polar surface area (TPSA) is 25.8 Å². The molecule has 1 heterocycles. The van der Waals surface area contributed by atoms with Gasteiger partial charge >= 0.3 is 0 Å². The standard InChI is InChI=1S/C13H11Cl2FN2/c1-8-4-11(7-14)18-13(17-8)5-9-2-3-10(16)6-12(9)15/h2-4,6H,5,7H2,1H3. The van der Waals surface area contributed by atoms with Gasteiger partial charge in [-0.15, -0.1) is 11.6 Å². The molecular weight excluding hydrogens is 274 g/mol. The summed E-state index contributed by atoms with van der Waals surface area (Å²) in [5.74, 6) is 0.627. The molecule has 2 rings (SSSR count). The van der Waals surface area contributed by atoms with Crippen LogP contribution < -0.4 is 0 Å². The molecule has 1 aromatic carbocycles. The molecule has 0 N–H and O–H groups in total. The second-order valence-electron chi connectivity index (χ2n) is 3.96. The maximum atomic E-state index is 12.9. The van der Waals surface area contributed by atoms with E-state index in [1.54, 1.807) is 6.07 Å². The molecule has 0 aliphatic heterocycles. The Morgan fingerprint density at radius 2 is 2.00 bits per heavy atom. The predicted octanol–water partition coefficient (Wildman–Crippen LogP) is 3.91. The largest absolute Gasteiger partial charge is 0.238 e. The molecule has 2 nitrogen and oxygen atoms in total. The third kappa shape index (κ3) is 3.18. The van der Waals surface area contributed by atoms with Crippen molar-refractivity contribution in [2.75, 3.05) is 0 Å². The molecule has 18 heavy (non-hydrogen) atoms. The Morgan fingerprint density at radius 1 is 1.22 bits per heavy atom. The van der Waals surface area contributed by atoms with E-state index in [9.17, 15) is 4.39 Å². The number of aryl methyl sites for hydroxylation is 1. The zero-order valence-electron chi connectivity index (χ0n) is 9.75. The van der Waals surface area contributed by atoms with Gasteiger partial charge in [-0.3, -0.25) is 0 Å². The van der Waals surface area contributed by atoms with Crippen LogP contribution in [0.15, 0.2) is 24.3 Å². The van der Waals surface area contributed by atoms with Crippen LogP contribution in [-0.4, -0.2) is 9.97 Å². The highest BCUT2D eigenvalue weighted by molar-refractivity contribution is 6.31. The molecule has 0 saturated carbocycles. The molecule has 94 valence electrons. The molecular formula is C13H11Cl2FN2. The third-order valence-corrected chi connectivity index (χ3v) is 3.08. The first-order valence-electron chi connectivity index (χ1n) is 5.42.